The second kappa shape index (κ2) is 14.2. The fraction of sp³-hybridized carbons (Fsp3) is 0.762. The minimum absolute atomic E-state index is 0. The second-order valence-electron chi connectivity index (χ2n) is 7.34. The molecule has 2 heterocycles. The number of carbonyl (C=O) groups excluding carboxylic acids is 1. The van der Waals surface area contributed by atoms with Gasteiger partial charge in [0.2, 0.25) is 5.91 Å². The molecule has 0 aromatic carbocycles. The molecule has 0 spiro atoms. The van der Waals surface area contributed by atoms with Crippen LogP contribution in [0.1, 0.15) is 63.3 Å². The average molecular weight is 536 g/mol. The molecule has 1 amide bonds. The summed E-state index contributed by atoms with van der Waals surface area (Å²) in [6, 6.07) is 0.370. The number of nitrogens with zero attached hydrogens (tertiary/aromatic N) is 3. The summed E-state index contributed by atoms with van der Waals surface area (Å²) in [7, 11) is 0. The first kappa shape index (κ1) is 26.1. The number of aryl methyl sites for hydroxylation is 1. The number of likely N-dealkylation sites (tertiary alicyclic amines) is 1. The largest absolute Gasteiger partial charge is 0.357 e. The Morgan fingerprint density at radius 2 is 1.97 bits per heavy atom. The van der Waals surface area contributed by atoms with Crippen molar-refractivity contribution in [3.63, 3.8) is 0 Å². The Hall–Kier alpha value is -0.900. The van der Waals surface area contributed by atoms with Crippen molar-refractivity contribution < 1.29 is 4.79 Å². The molecule has 8 heteroatoms. The highest BCUT2D eigenvalue weighted by atomic mass is 127. The van der Waals surface area contributed by atoms with E-state index in [9.17, 15) is 4.79 Å². The van der Waals surface area contributed by atoms with Gasteiger partial charge in [0.05, 0.1) is 5.01 Å². The Balaban J connectivity index is 0.00000420. The van der Waals surface area contributed by atoms with Crippen LogP contribution in [0.15, 0.2) is 11.2 Å². The highest BCUT2D eigenvalue weighted by Crippen LogP contribution is 2.17. The summed E-state index contributed by atoms with van der Waals surface area (Å²) in [5.41, 5.74) is 0. The van der Waals surface area contributed by atoms with Gasteiger partial charge in [-0.15, -0.1) is 35.3 Å². The van der Waals surface area contributed by atoms with Crippen LogP contribution in [0.25, 0.3) is 0 Å². The monoisotopic (exact) mass is 535 g/mol. The normalized spacial score (nSPS) is 15.3. The number of guanidine groups is 1. The smallest absolute Gasteiger partial charge is 0.225 e. The molecule has 0 bridgehead atoms. The predicted molar refractivity (Wildman–Crippen MR) is 133 cm³/mol. The summed E-state index contributed by atoms with van der Waals surface area (Å²) in [6.45, 7) is 11.7. The van der Waals surface area contributed by atoms with Crippen molar-refractivity contribution in [2.45, 2.75) is 72.3 Å². The number of nitrogens with one attached hydrogen (secondary N) is 2. The first-order valence-electron chi connectivity index (χ1n) is 10.9. The lowest BCUT2D eigenvalue weighted by molar-refractivity contribution is -0.136. The van der Waals surface area contributed by atoms with Crippen LogP contribution in [0.3, 0.4) is 0 Å². The summed E-state index contributed by atoms with van der Waals surface area (Å²) in [4.78, 5) is 25.1. The maximum atomic E-state index is 12.6. The van der Waals surface area contributed by atoms with E-state index < -0.39 is 0 Å². The van der Waals surface area contributed by atoms with Crippen molar-refractivity contribution in [2.24, 2.45) is 10.9 Å². The van der Waals surface area contributed by atoms with Crippen LogP contribution in [-0.4, -0.2) is 54.0 Å². The van der Waals surface area contributed by atoms with Crippen molar-refractivity contribution in [3.05, 3.63) is 16.1 Å². The fourth-order valence-electron chi connectivity index (χ4n) is 3.54. The predicted octanol–water partition coefficient (Wildman–Crippen LogP) is 3.85. The van der Waals surface area contributed by atoms with Crippen LogP contribution in [0.2, 0.25) is 0 Å². The molecule has 1 aliphatic rings. The lowest BCUT2D eigenvalue weighted by Gasteiger charge is -2.34. The highest BCUT2D eigenvalue weighted by molar-refractivity contribution is 14.0. The van der Waals surface area contributed by atoms with Gasteiger partial charge in [0, 0.05) is 55.6 Å². The Morgan fingerprint density at radius 3 is 2.52 bits per heavy atom. The topological polar surface area (TPSA) is 69.6 Å². The zero-order valence-corrected chi connectivity index (χ0v) is 21.5. The van der Waals surface area contributed by atoms with E-state index in [1.54, 1.807) is 11.3 Å². The van der Waals surface area contributed by atoms with Gasteiger partial charge in [-0.2, -0.15) is 0 Å². The molecule has 1 aliphatic heterocycles. The number of halogens is 1. The Kier molecular flexibility index (Phi) is 12.8. The number of aliphatic imine (C=N–C) groups is 1. The highest BCUT2D eigenvalue weighted by Gasteiger charge is 2.26. The van der Waals surface area contributed by atoms with Gasteiger partial charge >= 0.3 is 0 Å². The number of hydrogen-bond acceptors (Lipinski definition) is 4. The summed E-state index contributed by atoms with van der Waals surface area (Å²) in [5.74, 6) is 1.39. The number of aromatic nitrogens is 1. The van der Waals surface area contributed by atoms with E-state index in [2.05, 4.69) is 43.3 Å². The first-order valence-corrected chi connectivity index (χ1v) is 11.7. The van der Waals surface area contributed by atoms with Crippen LogP contribution < -0.4 is 10.6 Å². The molecule has 2 rings (SSSR count). The summed E-state index contributed by atoms with van der Waals surface area (Å²) >= 11 is 1.78. The number of thiazole rings is 1. The molecule has 1 aromatic heterocycles. The third-order valence-electron chi connectivity index (χ3n) is 5.37. The second-order valence-corrected chi connectivity index (χ2v) is 8.54. The number of hydrogen-bond donors (Lipinski definition) is 2. The van der Waals surface area contributed by atoms with Crippen LogP contribution in [0.4, 0.5) is 0 Å². The Labute approximate surface area is 197 Å². The van der Waals surface area contributed by atoms with E-state index in [1.165, 1.54) is 4.88 Å². The molecule has 0 aliphatic carbocycles. The van der Waals surface area contributed by atoms with E-state index >= 15 is 0 Å². The quantitative estimate of drug-likeness (QED) is 0.287. The third-order valence-corrected chi connectivity index (χ3v) is 6.57. The molecule has 0 unspecified atom stereocenters. The van der Waals surface area contributed by atoms with Crippen molar-refractivity contribution in [1.29, 1.82) is 0 Å². The zero-order chi connectivity index (χ0) is 20.4. The standard InChI is InChI=1S/C21H37N5OS.HI/c1-5-16(6-2)20(27)26-13-10-17(11-14-26)25-21(22-8-4)23-12-9-19-24-15-18(7-3)28-19;/h15-17H,5-14H2,1-4H3,(H2,22,23,25);1H. The minimum atomic E-state index is 0. The summed E-state index contributed by atoms with van der Waals surface area (Å²) in [5, 5.41) is 8.06. The molecule has 1 aromatic rings. The zero-order valence-electron chi connectivity index (χ0n) is 18.4. The lowest BCUT2D eigenvalue weighted by Crippen LogP contribution is -2.50. The van der Waals surface area contributed by atoms with Gasteiger partial charge in [0.25, 0.3) is 0 Å². The summed E-state index contributed by atoms with van der Waals surface area (Å²) < 4.78 is 0. The number of rotatable bonds is 9. The molecule has 1 saturated heterocycles. The van der Waals surface area contributed by atoms with Crippen LogP contribution in [0, 0.1) is 5.92 Å². The van der Waals surface area contributed by atoms with Gasteiger partial charge in [0.1, 0.15) is 0 Å². The maximum absolute atomic E-state index is 12.6. The SMILES string of the molecule is CCNC(=NCCc1ncc(CC)s1)NC1CCN(C(=O)C(CC)CC)CC1.I. The van der Waals surface area contributed by atoms with Gasteiger partial charge in [-0.3, -0.25) is 9.79 Å². The van der Waals surface area contributed by atoms with Crippen LogP contribution in [-0.2, 0) is 17.6 Å². The maximum Gasteiger partial charge on any atom is 0.225 e. The molecule has 1 fully saturated rings. The molecule has 0 radical (unpaired) electrons. The fourth-order valence-corrected chi connectivity index (χ4v) is 4.40. The molecular weight excluding hydrogens is 497 g/mol. The third kappa shape index (κ3) is 8.39. The van der Waals surface area contributed by atoms with Gasteiger partial charge in [0.15, 0.2) is 5.96 Å². The molecule has 6 nitrogen and oxygen atoms in total. The van der Waals surface area contributed by atoms with Crippen molar-refractivity contribution in [2.75, 3.05) is 26.2 Å². The minimum Gasteiger partial charge on any atom is -0.357 e. The van der Waals surface area contributed by atoms with Crippen LogP contribution in [0.5, 0.6) is 0 Å². The first-order chi connectivity index (χ1) is 13.6. The van der Waals surface area contributed by atoms with E-state index in [0.29, 0.717) is 11.9 Å². The molecule has 2 N–H and O–H groups in total. The number of piperidine rings is 1. The van der Waals surface area contributed by atoms with E-state index in [4.69, 9.17) is 4.99 Å². The lowest BCUT2D eigenvalue weighted by atomic mass is 9.98. The van der Waals surface area contributed by atoms with Gasteiger partial charge < -0.3 is 15.5 Å². The average Bonchev–Trinajstić information content (AvgIpc) is 3.17. The van der Waals surface area contributed by atoms with Gasteiger partial charge in [-0.05, 0) is 39.0 Å². The van der Waals surface area contributed by atoms with Crippen LogP contribution >= 0.6 is 35.3 Å². The molecule has 0 saturated carbocycles. The number of amides is 1. The molecule has 166 valence electrons. The van der Waals surface area contributed by atoms with Gasteiger partial charge in [-0.1, -0.05) is 20.8 Å². The van der Waals surface area contributed by atoms with E-state index in [-0.39, 0.29) is 29.9 Å². The molecular formula is C21H38IN5OS. The number of carbonyl (C=O) groups is 1. The Bertz CT molecular complexity index is 624. The van der Waals surface area contributed by atoms with Gasteiger partial charge in [-0.25, -0.2) is 4.98 Å². The summed E-state index contributed by atoms with van der Waals surface area (Å²) in [6.07, 6.45) is 7.72. The van der Waals surface area contributed by atoms with E-state index in [1.807, 2.05) is 11.1 Å². The van der Waals surface area contributed by atoms with Crippen molar-refractivity contribution >= 4 is 47.2 Å². The Morgan fingerprint density at radius 1 is 1.28 bits per heavy atom. The van der Waals surface area contributed by atoms with Crippen molar-refractivity contribution in [1.82, 2.24) is 20.5 Å². The molecule has 29 heavy (non-hydrogen) atoms. The van der Waals surface area contributed by atoms with E-state index in [0.717, 1.165) is 75.7 Å². The van der Waals surface area contributed by atoms with Crippen molar-refractivity contribution in [3.8, 4) is 0 Å². The molecule has 0 atom stereocenters.